The molecule has 0 unspecified atom stereocenters. The second-order valence-electron chi connectivity index (χ2n) is 2.81. The number of pyridine rings is 1. The first-order valence-corrected chi connectivity index (χ1v) is 3.85. The van der Waals surface area contributed by atoms with E-state index in [1.165, 1.54) is 0 Å². The highest BCUT2D eigenvalue weighted by Gasteiger charge is 2.32. The molecule has 7 heteroatoms. The zero-order valence-corrected chi connectivity index (χ0v) is 7.38. The van der Waals surface area contributed by atoms with Crippen molar-refractivity contribution in [3.05, 3.63) is 23.4 Å². The molecule has 0 saturated carbocycles. The lowest BCUT2D eigenvalue weighted by Crippen LogP contribution is -2.12. The fraction of sp³-hybridized carbons (Fsp3) is 0.250. The normalized spacial score (nSPS) is 11.4. The molecule has 4 nitrogen and oxygen atoms in total. The van der Waals surface area contributed by atoms with Gasteiger partial charge in [0.1, 0.15) is 11.5 Å². The fourth-order valence-electron chi connectivity index (χ4n) is 0.974. The Kier molecular flexibility index (Phi) is 2.83. The van der Waals surface area contributed by atoms with Gasteiger partial charge in [0.05, 0.1) is 6.42 Å². The Bertz CT molecular complexity index is 390. The number of anilines is 1. The van der Waals surface area contributed by atoms with Crippen molar-refractivity contribution >= 4 is 11.8 Å². The van der Waals surface area contributed by atoms with Gasteiger partial charge < -0.3 is 10.8 Å². The van der Waals surface area contributed by atoms with Crippen LogP contribution >= 0.6 is 0 Å². The van der Waals surface area contributed by atoms with E-state index in [0.717, 1.165) is 6.07 Å². The maximum absolute atomic E-state index is 12.1. The largest absolute Gasteiger partial charge is 0.481 e. The monoisotopic (exact) mass is 220 g/mol. The summed E-state index contributed by atoms with van der Waals surface area (Å²) in [6.07, 6.45) is -5.02. The third kappa shape index (κ3) is 2.83. The van der Waals surface area contributed by atoms with E-state index in [9.17, 15) is 18.0 Å². The highest BCUT2D eigenvalue weighted by atomic mass is 19.4. The van der Waals surface area contributed by atoms with Crippen LogP contribution in [-0.2, 0) is 17.4 Å². The highest BCUT2D eigenvalue weighted by molar-refractivity contribution is 5.72. The first-order valence-electron chi connectivity index (χ1n) is 3.85. The van der Waals surface area contributed by atoms with Crippen molar-refractivity contribution in [1.82, 2.24) is 4.98 Å². The van der Waals surface area contributed by atoms with Gasteiger partial charge in [0, 0.05) is 5.56 Å². The summed E-state index contributed by atoms with van der Waals surface area (Å²) in [6, 6.07) is 1.72. The average Bonchev–Trinajstić information content (AvgIpc) is 2.05. The van der Waals surface area contributed by atoms with Crippen LogP contribution in [-0.4, -0.2) is 16.1 Å². The molecule has 1 rings (SSSR count). The predicted molar refractivity (Wildman–Crippen MR) is 45.0 cm³/mol. The van der Waals surface area contributed by atoms with Crippen LogP contribution in [0.15, 0.2) is 12.1 Å². The van der Waals surface area contributed by atoms with Crippen LogP contribution in [0.1, 0.15) is 11.3 Å². The van der Waals surface area contributed by atoms with Gasteiger partial charge in [0.2, 0.25) is 0 Å². The summed E-state index contributed by atoms with van der Waals surface area (Å²) in [7, 11) is 0. The Balaban J connectivity index is 3.03. The lowest BCUT2D eigenvalue weighted by Gasteiger charge is -2.08. The molecule has 15 heavy (non-hydrogen) atoms. The van der Waals surface area contributed by atoms with Gasteiger partial charge in [-0.15, -0.1) is 0 Å². The summed E-state index contributed by atoms with van der Waals surface area (Å²) < 4.78 is 36.4. The number of aromatic nitrogens is 1. The smallest absolute Gasteiger partial charge is 0.433 e. The SMILES string of the molecule is Nc1nc(C(F)(F)F)ccc1CC(=O)O. The number of hydrogen-bond acceptors (Lipinski definition) is 3. The Morgan fingerprint density at radius 3 is 2.47 bits per heavy atom. The number of hydrogen-bond donors (Lipinski definition) is 2. The van der Waals surface area contributed by atoms with Gasteiger partial charge in [-0.25, -0.2) is 4.98 Å². The van der Waals surface area contributed by atoms with Gasteiger partial charge in [-0.1, -0.05) is 6.07 Å². The summed E-state index contributed by atoms with van der Waals surface area (Å²) >= 11 is 0. The van der Waals surface area contributed by atoms with E-state index in [2.05, 4.69) is 4.98 Å². The molecule has 0 radical (unpaired) electrons. The van der Waals surface area contributed by atoms with E-state index < -0.39 is 30.1 Å². The summed E-state index contributed by atoms with van der Waals surface area (Å²) in [5.41, 5.74) is 4.13. The molecule has 0 atom stereocenters. The Labute approximate surface area is 82.5 Å². The molecule has 1 aromatic rings. The van der Waals surface area contributed by atoms with E-state index >= 15 is 0 Å². The van der Waals surface area contributed by atoms with Crippen LogP contribution in [0.5, 0.6) is 0 Å². The molecule has 0 bridgehead atoms. The minimum atomic E-state index is -4.57. The standard InChI is InChI=1S/C8H7F3N2O2/c9-8(10,11)5-2-1-4(3-6(14)15)7(12)13-5/h1-2H,3H2,(H2,12,13)(H,14,15). The molecular weight excluding hydrogens is 213 g/mol. The second-order valence-corrected chi connectivity index (χ2v) is 2.81. The van der Waals surface area contributed by atoms with Crippen molar-refractivity contribution < 1.29 is 23.1 Å². The lowest BCUT2D eigenvalue weighted by atomic mass is 10.1. The number of halogens is 3. The highest BCUT2D eigenvalue weighted by Crippen LogP contribution is 2.28. The molecule has 82 valence electrons. The number of carboxylic acids is 1. The number of aliphatic carboxylic acids is 1. The number of carboxylic acid groups (broad SMARTS) is 1. The molecule has 1 heterocycles. The van der Waals surface area contributed by atoms with Crippen molar-refractivity contribution in [2.24, 2.45) is 0 Å². The molecule has 1 aromatic heterocycles. The van der Waals surface area contributed by atoms with Crippen LogP contribution in [0.3, 0.4) is 0 Å². The number of nitrogen functional groups attached to an aromatic ring is 1. The van der Waals surface area contributed by atoms with Crippen molar-refractivity contribution in [2.45, 2.75) is 12.6 Å². The molecule has 0 aliphatic rings. The fourth-order valence-corrected chi connectivity index (χ4v) is 0.974. The number of alkyl halides is 3. The van der Waals surface area contributed by atoms with E-state index in [-0.39, 0.29) is 5.56 Å². The first kappa shape index (κ1) is 11.3. The maximum Gasteiger partial charge on any atom is 0.433 e. The van der Waals surface area contributed by atoms with Gasteiger partial charge in [-0.3, -0.25) is 4.79 Å². The van der Waals surface area contributed by atoms with Crippen LogP contribution in [0.25, 0.3) is 0 Å². The van der Waals surface area contributed by atoms with Crippen molar-refractivity contribution in [3.8, 4) is 0 Å². The molecule has 0 aliphatic carbocycles. The molecule has 0 amide bonds. The molecule has 0 aliphatic heterocycles. The van der Waals surface area contributed by atoms with Crippen LogP contribution in [0, 0.1) is 0 Å². The van der Waals surface area contributed by atoms with Crippen LogP contribution < -0.4 is 5.73 Å². The quantitative estimate of drug-likeness (QED) is 0.787. The van der Waals surface area contributed by atoms with Gasteiger partial charge in [0.25, 0.3) is 0 Å². The van der Waals surface area contributed by atoms with Gasteiger partial charge >= 0.3 is 12.1 Å². The Morgan fingerprint density at radius 1 is 1.47 bits per heavy atom. The molecule has 0 saturated heterocycles. The van der Waals surface area contributed by atoms with E-state index in [1.807, 2.05) is 0 Å². The molecule has 3 N–H and O–H groups in total. The molecule has 0 fully saturated rings. The third-order valence-corrected chi connectivity index (χ3v) is 1.64. The number of rotatable bonds is 2. The zero-order chi connectivity index (χ0) is 11.6. The van der Waals surface area contributed by atoms with E-state index in [4.69, 9.17) is 10.8 Å². The number of nitrogens with zero attached hydrogens (tertiary/aromatic N) is 1. The van der Waals surface area contributed by atoms with E-state index in [0.29, 0.717) is 6.07 Å². The zero-order valence-electron chi connectivity index (χ0n) is 7.38. The van der Waals surface area contributed by atoms with Crippen molar-refractivity contribution in [1.29, 1.82) is 0 Å². The van der Waals surface area contributed by atoms with Crippen LogP contribution in [0.2, 0.25) is 0 Å². The maximum atomic E-state index is 12.1. The third-order valence-electron chi connectivity index (χ3n) is 1.64. The average molecular weight is 220 g/mol. The number of carbonyl (C=O) groups is 1. The topological polar surface area (TPSA) is 76.2 Å². The van der Waals surface area contributed by atoms with E-state index in [1.54, 1.807) is 0 Å². The Morgan fingerprint density at radius 2 is 2.07 bits per heavy atom. The van der Waals surface area contributed by atoms with Gasteiger partial charge in [0.15, 0.2) is 0 Å². The first-order chi connectivity index (χ1) is 6.80. The lowest BCUT2D eigenvalue weighted by molar-refractivity contribution is -0.141. The number of nitrogens with two attached hydrogens (primary N) is 1. The van der Waals surface area contributed by atoms with Crippen molar-refractivity contribution in [2.75, 3.05) is 5.73 Å². The van der Waals surface area contributed by atoms with Gasteiger partial charge in [-0.05, 0) is 6.07 Å². The second kappa shape index (κ2) is 3.76. The predicted octanol–water partition coefficient (Wildman–Crippen LogP) is 1.31. The molecule has 0 spiro atoms. The molecular formula is C8H7F3N2O2. The van der Waals surface area contributed by atoms with Crippen LogP contribution in [0.4, 0.5) is 19.0 Å². The minimum absolute atomic E-state index is 0.0653. The summed E-state index contributed by atoms with van der Waals surface area (Å²) in [5, 5.41) is 8.41. The Hall–Kier alpha value is -1.79. The van der Waals surface area contributed by atoms with Crippen molar-refractivity contribution in [3.63, 3.8) is 0 Å². The minimum Gasteiger partial charge on any atom is -0.481 e. The molecule has 0 aromatic carbocycles. The summed E-state index contributed by atoms with van der Waals surface area (Å²) in [6.45, 7) is 0. The van der Waals surface area contributed by atoms with Gasteiger partial charge in [-0.2, -0.15) is 13.2 Å². The summed E-state index contributed by atoms with van der Waals surface area (Å²) in [5.74, 6) is -1.59. The summed E-state index contributed by atoms with van der Waals surface area (Å²) in [4.78, 5) is 13.4.